The molecule has 5 aliphatic heterocycles. The number of aliphatic hydroxyl groups excluding tert-OH is 1. The molecule has 1 amide bonds. The van der Waals surface area contributed by atoms with Gasteiger partial charge in [0.2, 0.25) is 5.91 Å². The number of benzene rings is 7. The predicted molar refractivity (Wildman–Crippen MR) is 347 cm³/mol. The van der Waals surface area contributed by atoms with Crippen LogP contribution in [0.25, 0.3) is 0 Å². The molecule has 5 heterocycles. The predicted octanol–water partition coefficient (Wildman–Crippen LogP) is 10.2. The molecule has 0 aliphatic carbocycles. The lowest BCUT2D eigenvalue weighted by Crippen LogP contribution is -2.70. The first-order valence-electron chi connectivity index (χ1n) is 32.8. The van der Waals surface area contributed by atoms with Gasteiger partial charge < -0.3 is 86.2 Å². The molecule has 1 unspecified atom stereocenters. The molecule has 0 bridgehead atoms. The highest BCUT2D eigenvalue weighted by molar-refractivity contribution is 5.73. The van der Waals surface area contributed by atoms with Crippen molar-refractivity contribution >= 4 is 5.91 Å². The van der Waals surface area contributed by atoms with Gasteiger partial charge in [-0.1, -0.05) is 212 Å². The first-order valence-corrected chi connectivity index (χ1v) is 32.8. The molecule has 95 heavy (non-hydrogen) atoms. The highest BCUT2D eigenvalue weighted by atomic mass is 16.8. The maximum Gasteiger partial charge on any atom is 0.217 e. The van der Waals surface area contributed by atoms with Crippen molar-refractivity contribution in [3.8, 4) is 0 Å². The van der Waals surface area contributed by atoms with E-state index in [2.05, 4.69) is 5.32 Å². The van der Waals surface area contributed by atoms with E-state index in [0.29, 0.717) is 0 Å². The summed E-state index contributed by atoms with van der Waals surface area (Å²) in [6.07, 6.45) is -20.5. The molecule has 7 aromatic carbocycles. The van der Waals surface area contributed by atoms with Gasteiger partial charge in [0, 0.05) is 19.6 Å². The van der Waals surface area contributed by atoms with Crippen molar-refractivity contribution in [2.24, 2.45) is 0 Å². The number of aliphatic hydroxyl groups is 1. The standard InChI is InChI=1S/C76H87NO18/c1-48-62(81-41-52-27-13-6-14-28-52)66(84-44-55-33-19-9-20-34-55)69(85-45-56-35-21-10-22-36-56)75(89-48)94-68-64(83-43-54-31-17-8-18-32-54)50(3)90-76(71(68)95-73-60(77-51(4)78)61(79)65-59(91-73)47-87-72(92-65)58-39-25-12-26-40-58)93-67-63(82-42-53-29-15-7-16-30-53)49(2)88-74(80-5)70(67)86-46-57-37-23-11-24-38-57/h6-40,48-50,59-76,79H,41-47H2,1-5H3,(H,77,78)/t48-,49-,50-,59+,60+,61+,62-,63-,64-,65+,66+,67+,68+,69+,70+,71+,72?,73-,74+,75-,76-/m0/s1. The molecule has 2 N–H and O–H groups in total. The number of rotatable bonds is 27. The van der Waals surface area contributed by atoms with E-state index < -0.39 is 135 Å². The molecule has 0 spiro atoms. The molecule has 7 aromatic rings. The molecular formula is C76H87NO18. The van der Waals surface area contributed by atoms with Crippen LogP contribution >= 0.6 is 0 Å². The van der Waals surface area contributed by atoms with Crippen molar-refractivity contribution in [1.29, 1.82) is 0 Å². The second-order valence-corrected chi connectivity index (χ2v) is 24.7. The number of hydrogen-bond acceptors (Lipinski definition) is 18. The third-order valence-electron chi connectivity index (χ3n) is 17.8. The van der Waals surface area contributed by atoms with Gasteiger partial charge >= 0.3 is 0 Å². The number of hydrogen-bond donors (Lipinski definition) is 2. The number of carbonyl (C=O) groups excluding carboxylic acids is 1. The highest BCUT2D eigenvalue weighted by Gasteiger charge is 2.59. The summed E-state index contributed by atoms with van der Waals surface area (Å²) in [6, 6.07) is 67.2. The summed E-state index contributed by atoms with van der Waals surface area (Å²) < 4.78 is 112. The smallest absolute Gasteiger partial charge is 0.217 e. The first-order chi connectivity index (χ1) is 46.5. The molecular weight excluding hydrogens is 1210 g/mol. The second kappa shape index (κ2) is 33.5. The summed E-state index contributed by atoms with van der Waals surface area (Å²) in [5.74, 6) is -0.471. The Labute approximate surface area is 555 Å². The first kappa shape index (κ1) is 68.3. The Kier molecular flexibility index (Phi) is 24.1. The maximum absolute atomic E-state index is 13.6. The van der Waals surface area contributed by atoms with E-state index in [0.717, 1.165) is 38.9 Å². The summed E-state index contributed by atoms with van der Waals surface area (Å²) in [4.78, 5) is 13.6. The summed E-state index contributed by atoms with van der Waals surface area (Å²) in [7, 11) is 1.56. The zero-order valence-corrected chi connectivity index (χ0v) is 54.2. The van der Waals surface area contributed by atoms with Crippen LogP contribution in [0.4, 0.5) is 0 Å². The molecule has 5 aliphatic rings. The molecule has 0 radical (unpaired) electrons. The van der Waals surface area contributed by atoms with Gasteiger partial charge in [-0.2, -0.15) is 0 Å². The van der Waals surface area contributed by atoms with Gasteiger partial charge in [0.25, 0.3) is 0 Å². The van der Waals surface area contributed by atoms with Gasteiger partial charge in [-0.05, 0) is 54.2 Å². The molecule has 19 heteroatoms. The zero-order valence-electron chi connectivity index (χ0n) is 54.2. The minimum atomic E-state index is -1.46. The van der Waals surface area contributed by atoms with Gasteiger partial charge in [-0.25, -0.2) is 0 Å². The third kappa shape index (κ3) is 17.6. The van der Waals surface area contributed by atoms with Crippen LogP contribution in [0.2, 0.25) is 0 Å². The normalized spacial score (nSPS) is 32.4. The molecule has 19 nitrogen and oxygen atoms in total. The SMILES string of the molecule is CO[C@@H]1O[C@@H](C)[C@H](OCc2ccccc2)[C@@H](O[C@@H]2O[C@@H](C)[C@H](OCc3ccccc3)[C@@H](O[C@@H]3O[C@@H](C)[C@H](OCc4ccccc4)[C@@H](OCc4ccccc4)[C@H]3OCc3ccccc3)[C@H]2O[C@@H]2O[C@@H]3COC(c4ccccc4)O[C@H]3[C@H](O)[C@H]2NC(C)=O)[C@H]1OCc1ccccc1. The van der Waals surface area contributed by atoms with Crippen LogP contribution in [-0.2, 0) is 120 Å². The Morgan fingerprint density at radius 2 is 0.726 bits per heavy atom. The summed E-state index contributed by atoms with van der Waals surface area (Å²) in [5, 5.41) is 15.7. The van der Waals surface area contributed by atoms with Crippen molar-refractivity contribution in [2.45, 2.75) is 196 Å². The lowest BCUT2D eigenvalue weighted by atomic mass is 9.94. The monoisotopic (exact) mass is 1300 g/mol. The van der Waals surface area contributed by atoms with E-state index in [-0.39, 0.29) is 46.2 Å². The molecule has 5 fully saturated rings. The summed E-state index contributed by atoms with van der Waals surface area (Å²) in [6.45, 7) is 8.07. The van der Waals surface area contributed by atoms with Crippen molar-refractivity contribution in [1.82, 2.24) is 5.32 Å². The highest BCUT2D eigenvalue weighted by Crippen LogP contribution is 2.42. The summed E-state index contributed by atoms with van der Waals surface area (Å²) >= 11 is 0. The maximum atomic E-state index is 13.6. The Balaban J connectivity index is 0.972. The van der Waals surface area contributed by atoms with Crippen LogP contribution < -0.4 is 5.32 Å². The Hall–Kier alpha value is -6.67. The number of fused-ring (bicyclic) bond motifs is 1. The van der Waals surface area contributed by atoms with Gasteiger partial charge in [0.05, 0.1) is 64.6 Å². The van der Waals surface area contributed by atoms with E-state index in [4.69, 9.17) is 75.8 Å². The molecule has 0 aromatic heterocycles. The van der Waals surface area contributed by atoms with Crippen LogP contribution in [0.3, 0.4) is 0 Å². The lowest BCUT2D eigenvalue weighted by Gasteiger charge is -2.53. The van der Waals surface area contributed by atoms with Gasteiger partial charge in [0.1, 0.15) is 79.3 Å². The van der Waals surface area contributed by atoms with Gasteiger partial charge in [0.15, 0.2) is 31.5 Å². The molecule has 0 saturated carbocycles. The fourth-order valence-electron chi connectivity index (χ4n) is 13.0. The minimum absolute atomic E-state index is 0.0137. The quantitative estimate of drug-likeness (QED) is 0.0493. The van der Waals surface area contributed by atoms with Crippen molar-refractivity contribution < 1.29 is 85.7 Å². The topological polar surface area (TPSA) is 197 Å². The average molecular weight is 1300 g/mol. The van der Waals surface area contributed by atoms with Crippen LogP contribution in [0.15, 0.2) is 212 Å². The zero-order chi connectivity index (χ0) is 65.5. The molecule has 5 saturated heterocycles. The second-order valence-electron chi connectivity index (χ2n) is 24.7. The molecule has 21 atom stereocenters. The summed E-state index contributed by atoms with van der Waals surface area (Å²) in [5.41, 5.74) is 6.19. The number of nitrogens with one attached hydrogen (secondary N) is 1. The fourth-order valence-corrected chi connectivity index (χ4v) is 13.0. The molecule has 504 valence electrons. The molecule has 12 rings (SSSR count). The van der Waals surface area contributed by atoms with E-state index in [1.165, 1.54) is 6.92 Å². The van der Waals surface area contributed by atoms with Crippen molar-refractivity contribution in [2.75, 3.05) is 13.7 Å². The van der Waals surface area contributed by atoms with Crippen LogP contribution in [-0.4, -0.2) is 147 Å². The Morgan fingerprint density at radius 1 is 0.400 bits per heavy atom. The number of carbonyl (C=O) groups is 1. The van der Waals surface area contributed by atoms with Crippen LogP contribution in [0.5, 0.6) is 0 Å². The van der Waals surface area contributed by atoms with Crippen molar-refractivity contribution in [3.05, 3.63) is 251 Å². The largest absolute Gasteiger partial charge is 0.388 e. The Bertz CT molecular complexity index is 3370. The van der Waals surface area contributed by atoms with E-state index in [9.17, 15) is 9.90 Å². The van der Waals surface area contributed by atoms with Crippen molar-refractivity contribution in [3.63, 3.8) is 0 Å². The van der Waals surface area contributed by atoms with Crippen LogP contribution in [0, 0.1) is 0 Å². The van der Waals surface area contributed by atoms with E-state index in [1.807, 2.05) is 233 Å². The third-order valence-corrected chi connectivity index (χ3v) is 17.8. The van der Waals surface area contributed by atoms with Gasteiger partial charge in [-0.15, -0.1) is 0 Å². The fraction of sp³-hybridized carbons (Fsp3) is 0.434. The number of amides is 1. The minimum Gasteiger partial charge on any atom is -0.388 e. The number of methoxy groups -OCH3 is 1. The van der Waals surface area contributed by atoms with Crippen LogP contribution in [0.1, 0.15) is 72.9 Å². The average Bonchev–Trinajstić information content (AvgIpc) is 0.771. The van der Waals surface area contributed by atoms with E-state index >= 15 is 0 Å². The lowest BCUT2D eigenvalue weighted by molar-refractivity contribution is -0.410. The van der Waals surface area contributed by atoms with E-state index in [1.54, 1.807) is 7.11 Å². The number of ether oxygens (including phenoxy) is 16. The van der Waals surface area contributed by atoms with Gasteiger partial charge in [-0.3, -0.25) is 4.79 Å². The Morgan fingerprint density at radius 3 is 1.13 bits per heavy atom.